The molecule has 0 aliphatic carbocycles. The van der Waals surface area contributed by atoms with Crippen LogP contribution >= 0.6 is 0 Å². The zero-order chi connectivity index (χ0) is 15.9. The first kappa shape index (κ1) is 16.0. The predicted octanol–water partition coefficient (Wildman–Crippen LogP) is 3.74. The summed E-state index contributed by atoms with van der Waals surface area (Å²) >= 11 is 0. The van der Waals surface area contributed by atoms with Gasteiger partial charge in [-0.2, -0.15) is 0 Å². The van der Waals surface area contributed by atoms with Crippen LogP contribution in [0.3, 0.4) is 0 Å². The number of ketones is 1. The molecule has 0 unspecified atom stereocenters. The molecule has 0 aliphatic rings. The minimum atomic E-state index is 0.206. The smallest absolute Gasteiger partial charge is 0.162 e. The lowest BCUT2D eigenvalue weighted by atomic mass is 10.1. The molecule has 4 nitrogen and oxygen atoms in total. The van der Waals surface area contributed by atoms with E-state index in [1.165, 1.54) is 0 Å². The van der Waals surface area contributed by atoms with Crippen LogP contribution in [0.4, 0.5) is 11.5 Å². The monoisotopic (exact) mass is 297 g/mol. The van der Waals surface area contributed by atoms with Gasteiger partial charge in [0.25, 0.3) is 0 Å². The van der Waals surface area contributed by atoms with Crippen LogP contribution in [-0.2, 0) is 6.54 Å². The molecule has 0 radical (unpaired) electrons. The molecule has 0 saturated heterocycles. The van der Waals surface area contributed by atoms with E-state index in [1.807, 2.05) is 62.4 Å². The lowest BCUT2D eigenvalue weighted by molar-refractivity contribution is 0.0982. The van der Waals surface area contributed by atoms with Crippen molar-refractivity contribution in [2.45, 2.75) is 26.3 Å². The number of pyridine rings is 1. The highest BCUT2D eigenvalue weighted by Gasteiger charge is 2.04. The van der Waals surface area contributed by atoms with E-state index >= 15 is 0 Å². The third kappa shape index (κ3) is 4.32. The van der Waals surface area contributed by atoms with Gasteiger partial charge in [-0.3, -0.25) is 4.79 Å². The number of benzene rings is 1. The van der Waals surface area contributed by atoms with Gasteiger partial charge in [-0.05, 0) is 42.3 Å². The van der Waals surface area contributed by atoms with Crippen molar-refractivity contribution in [3.05, 3.63) is 53.7 Å². The third-order valence-corrected chi connectivity index (χ3v) is 3.45. The fourth-order valence-corrected chi connectivity index (χ4v) is 2.14. The Labute approximate surface area is 132 Å². The molecule has 0 aliphatic heterocycles. The summed E-state index contributed by atoms with van der Waals surface area (Å²) in [5.74, 6) is 1.15. The van der Waals surface area contributed by atoms with Gasteiger partial charge in [0, 0.05) is 44.5 Å². The first-order valence-electron chi connectivity index (χ1n) is 7.59. The number of hydrogen-bond donors (Lipinski definition) is 1. The van der Waals surface area contributed by atoms with E-state index < -0.39 is 0 Å². The zero-order valence-electron chi connectivity index (χ0n) is 13.5. The molecule has 22 heavy (non-hydrogen) atoms. The van der Waals surface area contributed by atoms with Crippen LogP contribution in [-0.4, -0.2) is 24.9 Å². The molecule has 0 spiro atoms. The van der Waals surface area contributed by atoms with Crippen molar-refractivity contribution >= 4 is 17.3 Å². The first-order valence-corrected chi connectivity index (χ1v) is 7.59. The Morgan fingerprint density at radius 2 is 1.86 bits per heavy atom. The molecule has 0 saturated carbocycles. The lowest BCUT2D eigenvalue weighted by Gasteiger charge is -2.12. The van der Waals surface area contributed by atoms with E-state index in [4.69, 9.17) is 0 Å². The van der Waals surface area contributed by atoms with Gasteiger partial charge < -0.3 is 10.2 Å². The van der Waals surface area contributed by atoms with E-state index in [0.717, 1.165) is 29.1 Å². The molecule has 116 valence electrons. The van der Waals surface area contributed by atoms with Crippen LogP contribution in [0.5, 0.6) is 0 Å². The Morgan fingerprint density at radius 1 is 1.14 bits per heavy atom. The SMILES string of the molecule is CCCC(=O)c1ccc(NCc2ccc(N(C)C)nc2)cc1. The summed E-state index contributed by atoms with van der Waals surface area (Å²) in [6.45, 7) is 2.73. The second kappa shape index (κ2) is 7.59. The third-order valence-electron chi connectivity index (χ3n) is 3.45. The molecule has 0 amide bonds. The molecule has 0 fully saturated rings. The highest BCUT2D eigenvalue weighted by atomic mass is 16.1. The summed E-state index contributed by atoms with van der Waals surface area (Å²) in [6.07, 6.45) is 3.37. The van der Waals surface area contributed by atoms with Crippen molar-refractivity contribution < 1.29 is 4.79 Å². The minimum Gasteiger partial charge on any atom is -0.381 e. The maximum Gasteiger partial charge on any atom is 0.162 e. The normalized spacial score (nSPS) is 10.3. The van der Waals surface area contributed by atoms with Crippen molar-refractivity contribution in [3.63, 3.8) is 0 Å². The Balaban J connectivity index is 1.92. The number of carbonyl (C=O) groups excluding carboxylic acids is 1. The van der Waals surface area contributed by atoms with Gasteiger partial charge >= 0.3 is 0 Å². The maximum absolute atomic E-state index is 11.8. The van der Waals surface area contributed by atoms with Crippen LogP contribution in [0.2, 0.25) is 0 Å². The fourth-order valence-electron chi connectivity index (χ4n) is 2.14. The first-order chi connectivity index (χ1) is 10.6. The summed E-state index contributed by atoms with van der Waals surface area (Å²) in [6, 6.07) is 11.7. The number of nitrogens with one attached hydrogen (secondary N) is 1. The average Bonchev–Trinajstić information content (AvgIpc) is 2.54. The lowest BCUT2D eigenvalue weighted by Crippen LogP contribution is -2.10. The molecule has 0 atom stereocenters. The number of hydrogen-bond acceptors (Lipinski definition) is 4. The van der Waals surface area contributed by atoms with Crippen LogP contribution in [0.25, 0.3) is 0 Å². The van der Waals surface area contributed by atoms with E-state index in [9.17, 15) is 4.79 Å². The van der Waals surface area contributed by atoms with Crippen LogP contribution in [0, 0.1) is 0 Å². The van der Waals surface area contributed by atoms with Gasteiger partial charge in [0.1, 0.15) is 5.82 Å². The molecule has 0 bridgehead atoms. The van der Waals surface area contributed by atoms with Crippen LogP contribution < -0.4 is 10.2 Å². The van der Waals surface area contributed by atoms with E-state index in [1.54, 1.807) is 0 Å². The van der Waals surface area contributed by atoms with E-state index in [-0.39, 0.29) is 5.78 Å². The van der Waals surface area contributed by atoms with Crippen molar-refractivity contribution in [1.82, 2.24) is 4.98 Å². The molecule has 1 heterocycles. The fraction of sp³-hybridized carbons (Fsp3) is 0.333. The number of aromatic nitrogens is 1. The van der Waals surface area contributed by atoms with Crippen LogP contribution in [0.1, 0.15) is 35.7 Å². The average molecular weight is 297 g/mol. The quantitative estimate of drug-likeness (QED) is 0.791. The van der Waals surface area contributed by atoms with E-state index in [0.29, 0.717) is 13.0 Å². The van der Waals surface area contributed by atoms with Crippen molar-refractivity contribution in [1.29, 1.82) is 0 Å². The standard InChI is InChI=1S/C18H23N3O/c1-4-5-17(22)15-7-9-16(10-8-15)19-12-14-6-11-18(20-13-14)21(2)3/h6-11,13,19H,4-5,12H2,1-3H3. The maximum atomic E-state index is 11.8. The van der Waals surface area contributed by atoms with Gasteiger partial charge in [-0.25, -0.2) is 4.98 Å². The van der Waals surface area contributed by atoms with Crippen molar-refractivity contribution in [3.8, 4) is 0 Å². The molecular weight excluding hydrogens is 274 g/mol. The Bertz CT molecular complexity index is 603. The molecule has 1 N–H and O–H groups in total. The number of nitrogens with zero attached hydrogens (tertiary/aromatic N) is 2. The number of carbonyl (C=O) groups is 1. The Kier molecular flexibility index (Phi) is 5.53. The van der Waals surface area contributed by atoms with Gasteiger partial charge in [-0.1, -0.05) is 13.0 Å². The molecule has 2 rings (SSSR count). The molecule has 1 aromatic carbocycles. The molecule has 4 heteroatoms. The van der Waals surface area contributed by atoms with E-state index in [2.05, 4.69) is 16.4 Å². The van der Waals surface area contributed by atoms with Gasteiger partial charge in [0.05, 0.1) is 0 Å². The molecule has 1 aromatic heterocycles. The van der Waals surface area contributed by atoms with Gasteiger partial charge in [0.15, 0.2) is 5.78 Å². The second-order valence-corrected chi connectivity index (χ2v) is 5.52. The summed E-state index contributed by atoms with van der Waals surface area (Å²) in [5.41, 5.74) is 2.91. The topological polar surface area (TPSA) is 45.2 Å². The highest BCUT2D eigenvalue weighted by molar-refractivity contribution is 5.96. The van der Waals surface area contributed by atoms with Gasteiger partial charge in [0.2, 0.25) is 0 Å². The van der Waals surface area contributed by atoms with Crippen molar-refractivity contribution in [2.24, 2.45) is 0 Å². The Morgan fingerprint density at radius 3 is 2.41 bits per heavy atom. The van der Waals surface area contributed by atoms with Crippen molar-refractivity contribution in [2.75, 3.05) is 24.3 Å². The zero-order valence-corrected chi connectivity index (χ0v) is 13.5. The summed E-state index contributed by atoms with van der Waals surface area (Å²) in [5, 5.41) is 3.34. The number of anilines is 2. The summed E-state index contributed by atoms with van der Waals surface area (Å²) in [4.78, 5) is 18.2. The summed E-state index contributed by atoms with van der Waals surface area (Å²) < 4.78 is 0. The minimum absolute atomic E-state index is 0.206. The molecular formula is C18H23N3O. The van der Waals surface area contributed by atoms with Crippen LogP contribution in [0.15, 0.2) is 42.6 Å². The number of Topliss-reactive ketones (excluding diaryl/α,β-unsaturated/α-hetero) is 1. The predicted molar refractivity (Wildman–Crippen MR) is 91.6 cm³/mol. The summed E-state index contributed by atoms with van der Waals surface area (Å²) in [7, 11) is 3.95. The largest absolute Gasteiger partial charge is 0.381 e. The van der Waals surface area contributed by atoms with Gasteiger partial charge in [-0.15, -0.1) is 0 Å². The second-order valence-electron chi connectivity index (χ2n) is 5.52. The highest BCUT2D eigenvalue weighted by Crippen LogP contribution is 2.14. The Hall–Kier alpha value is -2.36. The number of rotatable bonds is 7. The molecule has 2 aromatic rings.